The van der Waals surface area contributed by atoms with Crippen molar-refractivity contribution in [1.82, 2.24) is 0 Å². The lowest BCUT2D eigenvalue weighted by Gasteiger charge is -2.49. The molecule has 3 nitrogen and oxygen atoms in total. The molecule has 2 heterocycles. The van der Waals surface area contributed by atoms with Crippen molar-refractivity contribution in [2.45, 2.75) is 82.7 Å². The lowest BCUT2D eigenvalue weighted by molar-refractivity contribution is -0.274. The standard InChI is InChI=1S/C39H36BF3N2O/c41-39(42,43)46-29-23-34-36-35(24-29)45(28-15-5-2-6-16-28)38-31-18-10-8-12-26(31)20-22-33(38)40(36)32-21-19-25-11-7-9-17-30(25)37(32)44(34)27-13-3-1-4-14-27/h7-12,17-24,27-28H,1-6,13-16H2. The molecule has 2 fully saturated rings. The Labute approximate surface area is 268 Å². The normalized spacial score (nSPS) is 18.5. The molecule has 0 amide bonds. The molecule has 5 aromatic rings. The van der Waals surface area contributed by atoms with Crippen molar-refractivity contribution in [2.24, 2.45) is 0 Å². The fourth-order valence-electron chi connectivity index (χ4n) is 9.19. The summed E-state index contributed by atoms with van der Waals surface area (Å²) in [4.78, 5) is 4.86. The molecule has 0 aromatic heterocycles. The molecule has 2 aliphatic heterocycles. The van der Waals surface area contributed by atoms with Crippen LogP contribution in [0.2, 0.25) is 0 Å². The van der Waals surface area contributed by atoms with Gasteiger partial charge in [-0.15, -0.1) is 13.2 Å². The summed E-state index contributed by atoms with van der Waals surface area (Å²) in [6, 6.07) is 29.8. The van der Waals surface area contributed by atoms with Crippen LogP contribution in [0.1, 0.15) is 64.2 Å². The number of hydrogen-bond acceptors (Lipinski definition) is 3. The first-order chi connectivity index (χ1) is 22.5. The van der Waals surface area contributed by atoms with Gasteiger partial charge in [0.25, 0.3) is 6.71 Å². The number of fused-ring (bicyclic) bond motifs is 8. The minimum absolute atomic E-state index is 0.108. The van der Waals surface area contributed by atoms with Crippen LogP contribution in [0.5, 0.6) is 5.75 Å². The summed E-state index contributed by atoms with van der Waals surface area (Å²) in [6.45, 7) is -0.108. The Morgan fingerprint density at radius 1 is 0.587 bits per heavy atom. The maximum Gasteiger partial charge on any atom is 0.573 e. The van der Waals surface area contributed by atoms with E-state index in [0.717, 1.165) is 101 Å². The Morgan fingerprint density at radius 2 is 1.04 bits per heavy atom. The van der Waals surface area contributed by atoms with Gasteiger partial charge in [-0.1, -0.05) is 111 Å². The Morgan fingerprint density at radius 3 is 1.50 bits per heavy atom. The van der Waals surface area contributed by atoms with Gasteiger partial charge in [0.1, 0.15) is 5.75 Å². The Kier molecular flexibility index (Phi) is 6.55. The molecule has 46 heavy (non-hydrogen) atoms. The third kappa shape index (κ3) is 4.41. The van der Waals surface area contributed by atoms with E-state index >= 15 is 0 Å². The van der Waals surface area contributed by atoms with Crippen LogP contribution in [-0.4, -0.2) is 25.2 Å². The lowest BCUT2D eigenvalue weighted by Crippen LogP contribution is -2.64. The van der Waals surface area contributed by atoms with Gasteiger partial charge in [0, 0.05) is 57.7 Å². The highest BCUT2D eigenvalue weighted by Gasteiger charge is 2.47. The average Bonchev–Trinajstić information content (AvgIpc) is 3.08. The molecule has 2 saturated carbocycles. The first-order valence-electron chi connectivity index (χ1n) is 17.0. The van der Waals surface area contributed by atoms with E-state index in [0.29, 0.717) is 0 Å². The van der Waals surface area contributed by atoms with Gasteiger partial charge in [0.2, 0.25) is 0 Å². The van der Waals surface area contributed by atoms with Crippen molar-refractivity contribution in [2.75, 3.05) is 9.80 Å². The molecule has 0 N–H and O–H groups in total. The van der Waals surface area contributed by atoms with Crippen LogP contribution in [0.15, 0.2) is 84.9 Å². The number of benzene rings is 5. The highest BCUT2D eigenvalue weighted by atomic mass is 19.4. The average molecular weight is 617 g/mol. The Bertz CT molecular complexity index is 1850. The number of halogens is 3. The number of nitrogens with zero attached hydrogens (tertiary/aromatic N) is 2. The first-order valence-corrected chi connectivity index (χ1v) is 17.0. The molecule has 7 heteroatoms. The van der Waals surface area contributed by atoms with Gasteiger partial charge in [0.05, 0.1) is 0 Å². The fourth-order valence-corrected chi connectivity index (χ4v) is 9.19. The number of ether oxygens (including phenoxy) is 1. The van der Waals surface area contributed by atoms with E-state index in [9.17, 15) is 13.2 Å². The maximum atomic E-state index is 14.0. The predicted molar refractivity (Wildman–Crippen MR) is 184 cm³/mol. The Balaban J connectivity index is 1.41. The third-order valence-electron chi connectivity index (χ3n) is 11.0. The monoisotopic (exact) mass is 616 g/mol. The number of anilines is 4. The summed E-state index contributed by atoms with van der Waals surface area (Å²) in [5, 5.41) is 4.59. The fraction of sp³-hybridized carbons (Fsp3) is 0.333. The lowest BCUT2D eigenvalue weighted by atomic mass is 9.33. The number of hydrogen-bond donors (Lipinski definition) is 0. The van der Waals surface area contributed by atoms with Gasteiger partial charge in [0.15, 0.2) is 0 Å². The van der Waals surface area contributed by atoms with E-state index in [1.165, 1.54) is 23.8 Å². The van der Waals surface area contributed by atoms with Gasteiger partial charge >= 0.3 is 6.36 Å². The predicted octanol–water partition coefficient (Wildman–Crippen LogP) is 8.98. The van der Waals surface area contributed by atoms with Crippen molar-refractivity contribution >= 4 is 67.4 Å². The minimum atomic E-state index is -4.79. The van der Waals surface area contributed by atoms with Gasteiger partial charge in [-0.25, -0.2) is 0 Å². The van der Waals surface area contributed by atoms with Crippen molar-refractivity contribution in [3.05, 3.63) is 84.9 Å². The highest BCUT2D eigenvalue weighted by molar-refractivity contribution is 7.00. The second-order valence-corrected chi connectivity index (χ2v) is 13.6. The zero-order chi connectivity index (χ0) is 31.0. The number of rotatable bonds is 3. The largest absolute Gasteiger partial charge is 0.573 e. The molecule has 0 atom stereocenters. The van der Waals surface area contributed by atoms with Crippen LogP contribution >= 0.6 is 0 Å². The SMILES string of the molecule is FC(F)(F)Oc1cc2c3c(c1)N(C1CCCCC1)c1c(ccc4ccccc14)B3c1ccc3ccccc3c1N2C1CCCCC1. The zero-order valence-electron chi connectivity index (χ0n) is 25.8. The molecule has 0 spiro atoms. The van der Waals surface area contributed by atoms with E-state index in [1.807, 2.05) is 0 Å². The van der Waals surface area contributed by atoms with Gasteiger partial charge < -0.3 is 14.5 Å². The molecule has 2 aliphatic carbocycles. The molecule has 9 rings (SSSR count). The van der Waals surface area contributed by atoms with E-state index in [2.05, 4.69) is 82.6 Å². The summed E-state index contributed by atoms with van der Waals surface area (Å²) in [6.07, 6.45) is 6.14. The molecule has 232 valence electrons. The van der Waals surface area contributed by atoms with Gasteiger partial charge in [-0.2, -0.15) is 0 Å². The topological polar surface area (TPSA) is 15.7 Å². The summed E-state index contributed by atoms with van der Waals surface area (Å²) >= 11 is 0. The van der Waals surface area contributed by atoms with Crippen molar-refractivity contribution in [3.8, 4) is 5.75 Å². The third-order valence-corrected chi connectivity index (χ3v) is 11.0. The molecular formula is C39H36BF3N2O. The van der Waals surface area contributed by atoms with Gasteiger partial charge in [-0.3, -0.25) is 0 Å². The molecule has 4 aliphatic rings. The van der Waals surface area contributed by atoms with E-state index < -0.39 is 6.36 Å². The number of alkyl halides is 3. The summed E-state index contributed by atoms with van der Waals surface area (Å²) in [7, 11) is 0. The Hall–Kier alpha value is -4.13. The maximum absolute atomic E-state index is 14.0. The molecule has 0 saturated heterocycles. The second kappa shape index (κ2) is 10.7. The molecule has 5 aromatic carbocycles. The smallest absolute Gasteiger partial charge is 0.406 e. The summed E-state index contributed by atoms with van der Waals surface area (Å²) < 4.78 is 47.0. The summed E-state index contributed by atoms with van der Waals surface area (Å²) in [5.74, 6) is -0.131. The van der Waals surface area contributed by atoms with E-state index in [4.69, 9.17) is 4.74 Å². The van der Waals surface area contributed by atoms with Crippen LogP contribution in [0, 0.1) is 0 Å². The van der Waals surface area contributed by atoms with Crippen LogP contribution in [0.4, 0.5) is 35.9 Å². The molecular weight excluding hydrogens is 580 g/mol. The molecule has 0 unspecified atom stereocenters. The van der Waals surface area contributed by atoms with Crippen LogP contribution < -0.4 is 30.9 Å². The first kappa shape index (κ1) is 28.1. The van der Waals surface area contributed by atoms with Crippen molar-refractivity contribution in [3.63, 3.8) is 0 Å². The van der Waals surface area contributed by atoms with Crippen LogP contribution in [0.25, 0.3) is 21.5 Å². The minimum Gasteiger partial charge on any atom is -0.406 e. The molecule has 0 bridgehead atoms. The van der Waals surface area contributed by atoms with Crippen LogP contribution in [-0.2, 0) is 0 Å². The second-order valence-electron chi connectivity index (χ2n) is 13.6. The van der Waals surface area contributed by atoms with E-state index in [1.54, 1.807) is 12.1 Å². The quantitative estimate of drug-likeness (QED) is 0.188. The molecule has 0 radical (unpaired) electrons. The van der Waals surface area contributed by atoms with Crippen molar-refractivity contribution in [1.29, 1.82) is 0 Å². The zero-order valence-corrected chi connectivity index (χ0v) is 25.8. The van der Waals surface area contributed by atoms with Gasteiger partial charge in [-0.05, 0) is 52.8 Å². The van der Waals surface area contributed by atoms with Crippen molar-refractivity contribution < 1.29 is 17.9 Å². The highest BCUT2D eigenvalue weighted by Crippen LogP contribution is 2.48. The summed E-state index contributed by atoms with van der Waals surface area (Å²) in [5.41, 5.74) is 7.63. The van der Waals surface area contributed by atoms with Crippen LogP contribution in [0.3, 0.4) is 0 Å². The van der Waals surface area contributed by atoms with E-state index in [-0.39, 0.29) is 24.5 Å².